The summed E-state index contributed by atoms with van der Waals surface area (Å²) in [4.78, 5) is 4.37. The van der Waals surface area contributed by atoms with E-state index in [1.807, 2.05) is 0 Å². The Morgan fingerprint density at radius 2 is 2.00 bits per heavy atom. The van der Waals surface area contributed by atoms with E-state index in [2.05, 4.69) is 11.9 Å². The molecule has 0 spiro atoms. The van der Waals surface area contributed by atoms with Gasteiger partial charge in [-0.3, -0.25) is 0 Å². The minimum Gasteiger partial charge on any atom is -0.460 e. The summed E-state index contributed by atoms with van der Waals surface area (Å²) < 4.78 is 5.35. The zero-order valence-electron chi connectivity index (χ0n) is 8.20. The van der Waals surface area contributed by atoms with Gasteiger partial charge in [-0.05, 0) is 25.7 Å². The normalized spacial score (nSPS) is 35.6. The first kappa shape index (κ1) is 8.85. The van der Waals surface area contributed by atoms with E-state index in [1.54, 1.807) is 0 Å². The van der Waals surface area contributed by atoms with Gasteiger partial charge >= 0.3 is 0 Å². The second-order valence-corrected chi connectivity index (χ2v) is 4.18. The predicted molar refractivity (Wildman–Crippen MR) is 52.5 cm³/mol. The van der Waals surface area contributed by atoms with Crippen molar-refractivity contribution in [2.24, 2.45) is 16.6 Å². The fraction of sp³-hybridized carbons (Fsp3) is 0.900. The number of aliphatic imine (C=N–C) groups is 1. The van der Waals surface area contributed by atoms with Crippen LogP contribution in [0.5, 0.6) is 0 Å². The van der Waals surface area contributed by atoms with Gasteiger partial charge in [0.2, 0.25) is 0 Å². The molecule has 13 heavy (non-hydrogen) atoms. The Labute approximate surface area is 79.4 Å². The van der Waals surface area contributed by atoms with Gasteiger partial charge in [-0.1, -0.05) is 19.3 Å². The molecule has 0 saturated heterocycles. The van der Waals surface area contributed by atoms with Crippen molar-refractivity contribution < 1.29 is 4.74 Å². The Kier molecular flexibility index (Phi) is 2.42. The molecule has 74 valence electrons. The molecule has 2 rings (SSSR count). The average molecular weight is 182 g/mol. The summed E-state index contributed by atoms with van der Waals surface area (Å²) in [6.07, 6.45) is 6.89. The topological polar surface area (TPSA) is 47.6 Å². The quantitative estimate of drug-likeness (QED) is 0.670. The van der Waals surface area contributed by atoms with Gasteiger partial charge in [0, 0.05) is 0 Å². The molecule has 2 N–H and O–H groups in total. The lowest BCUT2D eigenvalue weighted by atomic mass is 9.82. The number of hydrogen-bond acceptors (Lipinski definition) is 3. The maximum atomic E-state index is 5.55. The Morgan fingerprint density at radius 3 is 2.54 bits per heavy atom. The fourth-order valence-electron chi connectivity index (χ4n) is 2.51. The van der Waals surface area contributed by atoms with Crippen molar-refractivity contribution in [3.63, 3.8) is 0 Å². The summed E-state index contributed by atoms with van der Waals surface area (Å²) in [5.41, 5.74) is 5.55. The Hall–Kier alpha value is -0.730. The van der Waals surface area contributed by atoms with Crippen LogP contribution in [-0.4, -0.2) is 18.2 Å². The third-order valence-electron chi connectivity index (χ3n) is 3.20. The molecule has 0 unspecified atom stereocenters. The molecule has 0 aromatic carbocycles. The third kappa shape index (κ3) is 1.79. The second-order valence-electron chi connectivity index (χ2n) is 4.18. The molecule has 0 aromatic heterocycles. The minimum absolute atomic E-state index is 0.197. The average Bonchev–Trinajstić information content (AvgIpc) is 2.47. The van der Waals surface area contributed by atoms with Crippen molar-refractivity contribution in [1.29, 1.82) is 0 Å². The minimum atomic E-state index is 0.197. The first-order valence-electron chi connectivity index (χ1n) is 5.27. The van der Waals surface area contributed by atoms with E-state index in [4.69, 9.17) is 10.5 Å². The zero-order chi connectivity index (χ0) is 9.26. The second kappa shape index (κ2) is 3.56. The molecular weight excluding hydrogens is 164 g/mol. The summed E-state index contributed by atoms with van der Waals surface area (Å²) >= 11 is 0. The van der Waals surface area contributed by atoms with Crippen molar-refractivity contribution in [2.75, 3.05) is 0 Å². The van der Waals surface area contributed by atoms with Gasteiger partial charge in [-0.15, -0.1) is 0 Å². The highest BCUT2D eigenvalue weighted by atomic mass is 16.5. The summed E-state index contributed by atoms with van der Waals surface area (Å²) in [7, 11) is 0. The lowest BCUT2D eigenvalue weighted by Gasteiger charge is -2.26. The molecule has 1 saturated carbocycles. The molecule has 1 aliphatic heterocycles. The maximum absolute atomic E-state index is 5.55. The first-order valence-corrected chi connectivity index (χ1v) is 5.27. The van der Waals surface area contributed by atoms with Gasteiger partial charge in [-0.25, -0.2) is 4.99 Å². The van der Waals surface area contributed by atoms with Crippen LogP contribution in [0.15, 0.2) is 4.99 Å². The smallest absolute Gasteiger partial charge is 0.282 e. The van der Waals surface area contributed by atoms with E-state index in [-0.39, 0.29) is 6.10 Å². The van der Waals surface area contributed by atoms with Crippen LogP contribution in [0.2, 0.25) is 0 Å². The summed E-state index contributed by atoms with van der Waals surface area (Å²) in [6.45, 7) is 2.07. The van der Waals surface area contributed by atoms with E-state index < -0.39 is 0 Å². The van der Waals surface area contributed by atoms with Crippen molar-refractivity contribution >= 4 is 6.02 Å². The van der Waals surface area contributed by atoms with Crippen LogP contribution in [0.1, 0.15) is 39.0 Å². The van der Waals surface area contributed by atoms with Crippen LogP contribution in [-0.2, 0) is 4.74 Å². The third-order valence-corrected chi connectivity index (χ3v) is 3.20. The lowest BCUT2D eigenvalue weighted by molar-refractivity contribution is 0.162. The molecule has 1 aliphatic carbocycles. The monoisotopic (exact) mass is 182 g/mol. The van der Waals surface area contributed by atoms with Crippen LogP contribution in [0.25, 0.3) is 0 Å². The predicted octanol–water partition coefficient (Wildman–Crippen LogP) is 1.67. The van der Waals surface area contributed by atoms with Crippen molar-refractivity contribution in [3.8, 4) is 0 Å². The Balaban J connectivity index is 1.98. The Bertz CT molecular complexity index is 209. The van der Waals surface area contributed by atoms with Crippen molar-refractivity contribution in [1.82, 2.24) is 0 Å². The molecule has 1 heterocycles. The zero-order valence-corrected chi connectivity index (χ0v) is 8.20. The summed E-state index contributed by atoms with van der Waals surface area (Å²) in [6, 6.07) is 0.725. The van der Waals surface area contributed by atoms with E-state index in [0.29, 0.717) is 18.0 Å². The SMILES string of the molecule is C[C@H]1OC(N)=N[C@@H]1C1CCCCC1. The molecule has 1 fully saturated rings. The molecule has 2 aliphatic rings. The fourth-order valence-corrected chi connectivity index (χ4v) is 2.51. The molecule has 2 atom stereocenters. The first-order chi connectivity index (χ1) is 6.27. The highest BCUT2D eigenvalue weighted by Crippen LogP contribution is 2.32. The van der Waals surface area contributed by atoms with E-state index >= 15 is 0 Å². The lowest BCUT2D eigenvalue weighted by Crippen LogP contribution is -2.29. The van der Waals surface area contributed by atoms with Gasteiger partial charge in [0.05, 0.1) is 6.04 Å². The highest BCUT2D eigenvalue weighted by Gasteiger charge is 2.33. The number of ether oxygens (including phenoxy) is 1. The molecule has 0 amide bonds. The number of amidine groups is 1. The van der Waals surface area contributed by atoms with E-state index in [9.17, 15) is 0 Å². The summed E-state index contributed by atoms with van der Waals surface area (Å²) in [5.74, 6) is 0.713. The Morgan fingerprint density at radius 1 is 1.31 bits per heavy atom. The molecular formula is C10H18N2O. The highest BCUT2D eigenvalue weighted by molar-refractivity contribution is 5.73. The number of rotatable bonds is 1. The van der Waals surface area contributed by atoms with Crippen LogP contribution in [0.4, 0.5) is 0 Å². The van der Waals surface area contributed by atoms with Crippen LogP contribution in [0, 0.1) is 5.92 Å². The standard InChI is InChI=1S/C10H18N2O/c1-7-9(12-10(11)13-7)8-5-3-2-4-6-8/h7-9H,2-6H2,1H3,(H2,11,12)/t7-,9+/m1/s1. The molecule has 0 bridgehead atoms. The molecule has 3 nitrogen and oxygen atoms in total. The van der Waals surface area contributed by atoms with Crippen molar-refractivity contribution in [2.45, 2.75) is 51.2 Å². The van der Waals surface area contributed by atoms with Gasteiger partial charge in [0.15, 0.2) is 0 Å². The van der Waals surface area contributed by atoms with Gasteiger partial charge in [0.1, 0.15) is 6.10 Å². The number of nitrogens with zero attached hydrogens (tertiary/aromatic N) is 1. The van der Waals surface area contributed by atoms with Gasteiger partial charge < -0.3 is 10.5 Å². The van der Waals surface area contributed by atoms with Crippen LogP contribution in [0.3, 0.4) is 0 Å². The number of hydrogen-bond donors (Lipinski definition) is 1. The van der Waals surface area contributed by atoms with E-state index in [0.717, 1.165) is 0 Å². The largest absolute Gasteiger partial charge is 0.460 e. The maximum Gasteiger partial charge on any atom is 0.282 e. The van der Waals surface area contributed by atoms with E-state index in [1.165, 1.54) is 32.1 Å². The van der Waals surface area contributed by atoms with Crippen molar-refractivity contribution in [3.05, 3.63) is 0 Å². The molecule has 0 aromatic rings. The van der Waals surface area contributed by atoms with Crippen LogP contribution >= 0.6 is 0 Å². The van der Waals surface area contributed by atoms with Gasteiger partial charge in [0.25, 0.3) is 6.02 Å². The number of nitrogens with two attached hydrogens (primary N) is 1. The van der Waals surface area contributed by atoms with Crippen LogP contribution < -0.4 is 5.73 Å². The van der Waals surface area contributed by atoms with Gasteiger partial charge in [-0.2, -0.15) is 0 Å². The molecule has 0 radical (unpaired) electrons. The summed E-state index contributed by atoms with van der Waals surface area (Å²) in [5, 5.41) is 0. The molecule has 3 heteroatoms.